The van der Waals surface area contributed by atoms with Crippen LogP contribution in [0.3, 0.4) is 0 Å². The Kier molecular flexibility index (Phi) is 53.5. The highest BCUT2D eigenvalue weighted by Crippen LogP contribution is 2.23. The zero-order valence-corrected chi connectivity index (χ0v) is 49.6. The Morgan fingerprint density at radius 3 is 1.08 bits per heavy atom. The molecule has 0 aromatic carbocycles. The number of aliphatic hydroxyl groups excluding tert-OH is 5. The van der Waals surface area contributed by atoms with Gasteiger partial charge in [0.15, 0.2) is 6.29 Å². The Labute approximate surface area is 464 Å². The Balaban J connectivity index is 2.05. The smallest absolute Gasteiger partial charge is 0.220 e. The third-order valence-electron chi connectivity index (χ3n) is 16.0. The van der Waals surface area contributed by atoms with E-state index in [4.69, 9.17) is 9.47 Å². The molecular weight excluding hydrogens is 935 g/mol. The maximum absolute atomic E-state index is 13.1. The molecule has 7 atom stereocenters. The fourth-order valence-corrected chi connectivity index (χ4v) is 10.8. The van der Waals surface area contributed by atoms with Crippen molar-refractivity contribution in [2.75, 3.05) is 13.2 Å². The zero-order chi connectivity index (χ0) is 54.3. The van der Waals surface area contributed by atoms with Gasteiger partial charge in [-0.15, -0.1) is 0 Å². The van der Waals surface area contributed by atoms with Crippen molar-refractivity contribution in [1.29, 1.82) is 0 Å². The van der Waals surface area contributed by atoms with E-state index in [-0.39, 0.29) is 12.5 Å². The Morgan fingerprint density at radius 2 is 0.747 bits per heavy atom. The molecule has 1 rings (SSSR count). The van der Waals surface area contributed by atoms with Gasteiger partial charge in [0.1, 0.15) is 24.4 Å². The van der Waals surface area contributed by atoms with Gasteiger partial charge in [-0.05, 0) is 44.9 Å². The van der Waals surface area contributed by atoms with Crippen LogP contribution in [0.1, 0.15) is 335 Å². The molecule has 6 N–H and O–H groups in total. The summed E-state index contributed by atoms with van der Waals surface area (Å²) in [7, 11) is 0. The number of carbonyl (C=O) groups is 1. The molecule has 0 aliphatic carbocycles. The van der Waals surface area contributed by atoms with E-state index in [0.29, 0.717) is 6.42 Å². The molecule has 75 heavy (non-hydrogen) atoms. The normalized spacial score (nSPS) is 18.9. The summed E-state index contributed by atoms with van der Waals surface area (Å²) in [6, 6.07) is -0.802. The van der Waals surface area contributed by atoms with Crippen molar-refractivity contribution in [2.24, 2.45) is 0 Å². The number of ether oxygens (including phenoxy) is 2. The van der Waals surface area contributed by atoms with Crippen LogP contribution in [0, 0.1) is 0 Å². The van der Waals surface area contributed by atoms with Crippen LogP contribution in [-0.2, 0) is 14.3 Å². The molecule has 0 radical (unpaired) electrons. The molecule has 7 unspecified atom stereocenters. The first kappa shape index (κ1) is 71.7. The molecule has 1 saturated heterocycles. The quantitative estimate of drug-likeness (QED) is 0.0261. The van der Waals surface area contributed by atoms with E-state index in [0.717, 1.165) is 38.5 Å². The number of amides is 1. The standard InChI is InChI=1S/C66H127NO8/c1-3-5-7-9-11-13-15-17-19-20-21-22-23-24-25-26-27-28-29-30-31-32-33-34-35-36-37-38-39-40-42-44-46-48-50-52-54-56-62(70)67-59(58-74-66-65(73)64(72)63(71)61(57-68)75-66)60(69)55-53-51-49-47-45-43-41-18-16-14-12-10-8-6-4-2/h28-29,53,55,59-61,63-66,68-69,71-73H,3-27,30-52,54,56-58H2,1-2H3,(H,67,70)/b29-28-,55-53+. The largest absolute Gasteiger partial charge is 0.394 e. The Morgan fingerprint density at radius 1 is 0.440 bits per heavy atom. The van der Waals surface area contributed by atoms with Crippen LogP contribution in [0.2, 0.25) is 0 Å². The molecule has 0 saturated carbocycles. The summed E-state index contributed by atoms with van der Waals surface area (Å²) >= 11 is 0. The van der Waals surface area contributed by atoms with Gasteiger partial charge in [-0.25, -0.2) is 0 Å². The van der Waals surface area contributed by atoms with Crippen molar-refractivity contribution in [1.82, 2.24) is 5.32 Å². The van der Waals surface area contributed by atoms with E-state index in [2.05, 4.69) is 31.3 Å². The highest BCUT2D eigenvalue weighted by Gasteiger charge is 2.44. The van der Waals surface area contributed by atoms with Crippen LogP contribution >= 0.6 is 0 Å². The molecule has 9 heteroatoms. The van der Waals surface area contributed by atoms with Crippen LogP contribution in [0.4, 0.5) is 0 Å². The van der Waals surface area contributed by atoms with Crippen LogP contribution in [-0.4, -0.2) is 87.5 Å². The molecule has 444 valence electrons. The summed E-state index contributed by atoms with van der Waals surface area (Å²) in [5, 5.41) is 54.5. The van der Waals surface area contributed by atoms with Gasteiger partial charge in [0.05, 0.1) is 25.4 Å². The van der Waals surface area contributed by atoms with Gasteiger partial charge in [0.25, 0.3) is 0 Å². The monoisotopic (exact) mass is 1060 g/mol. The predicted molar refractivity (Wildman–Crippen MR) is 318 cm³/mol. The summed E-state index contributed by atoms with van der Waals surface area (Å²) in [6.45, 7) is 3.82. The van der Waals surface area contributed by atoms with Crippen molar-refractivity contribution in [3.05, 3.63) is 24.3 Å². The van der Waals surface area contributed by atoms with Crippen molar-refractivity contribution in [3.8, 4) is 0 Å². The second kappa shape index (κ2) is 56.0. The fraction of sp³-hybridized carbons (Fsp3) is 0.924. The fourth-order valence-electron chi connectivity index (χ4n) is 10.8. The van der Waals surface area contributed by atoms with E-state index >= 15 is 0 Å². The average molecular weight is 1060 g/mol. The molecule has 1 aliphatic rings. The third kappa shape index (κ3) is 45.1. The molecule has 0 aromatic heterocycles. The molecule has 0 spiro atoms. The van der Waals surface area contributed by atoms with E-state index < -0.39 is 49.5 Å². The molecule has 9 nitrogen and oxygen atoms in total. The van der Waals surface area contributed by atoms with Gasteiger partial charge >= 0.3 is 0 Å². The maximum atomic E-state index is 13.1. The van der Waals surface area contributed by atoms with E-state index in [9.17, 15) is 30.3 Å². The summed E-state index contributed by atoms with van der Waals surface area (Å²) in [5.74, 6) is -0.171. The number of unbranched alkanes of at least 4 members (excludes halogenated alkanes) is 46. The summed E-state index contributed by atoms with van der Waals surface area (Å²) in [6.07, 6.45) is 65.8. The van der Waals surface area contributed by atoms with Crippen molar-refractivity contribution >= 4 is 5.91 Å². The lowest BCUT2D eigenvalue weighted by molar-refractivity contribution is -0.302. The van der Waals surface area contributed by atoms with Gasteiger partial charge in [-0.3, -0.25) is 4.79 Å². The molecule has 1 amide bonds. The van der Waals surface area contributed by atoms with Crippen molar-refractivity contribution in [3.63, 3.8) is 0 Å². The highest BCUT2D eigenvalue weighted by atomic mass is 16.7. The molecule has 0 aromatic rings. The highest BCUT2D eigenvalue weighted by molar-refractivity contribution is 5.76. The first-order valence-electron chi connectivity index (χ1n) is 33.1. The number of carbonyl (C=O) groups excluding carboxylic acids is 1. The maximum Gasteiger partial charge on any atom is 0.220 e. The second-order valence-electron chi connectivity index (χ2n) is 23.3. The second-order valence-corrected chi connectivity index (χ2v) is 23.3. The van der Waals surface area contributed by atoms with Crippen LogP contribution in [0.25, 0.3) is 0 Å². The van der Waals surface area contributed by atoms with Gasteiger partial charge in [-0.2, -0.15) is 0 Å². The van der Waals surface area contributed by atoms with Crippen LogP contribution in [0.5, 0.6) is 0 Å². The van der Waals surface area contributed by atoms with Crippen LogP contribution < -0.4 is 5.32 Å². The molecular formula is C66H127NO8. The van der Waals surface area contributed by atoms with E-state index in [1.165, 1.54) is 276 Å². The lowest BCUT2D eigenvalue weighted by Crippen LogP contribution is -2.60. The first-order valence-corrected chi connectivity index (χ1v) is 33.1. The summed E-state index contributed by atoms with van der Waals surface area (Å²) in [4.78, 5) is 13.1. The lowest BCUT2D eigenvalue weighted by atomic mass is 9.99. The number of hydrogen-bond donors (Lipinski definition) is 6. The van der Waals surface area contributed by atoms with E-state index in [1.807, 2.05) is 6.08 Å². The molecule has 1 heterocycles. The van der Waals surface area contributed by atoms with Crippen molar-refractivity contribution < 1.29 is 39.8 Å². The third-order valence-corrected chi connectivity index (χ3v) is 16.0. The molecule has 0 bridgehead atoms. The number of hydrogen-bond acceptors (Lipinski definition) is 8. The molecule has 1 aliphatic heterocycles. The SMILES string of the molecule is CCCCCCCCCCCCCCC/C=C/C(O)C(COC1OC(CO)C(O)C(O)C1O)NC(=O)CCCCCCCCCCCCCCCCCCC/C=C\CCCCCCCCCCCCCCCCCC. The van der Waals surface area contributed by atoms with Gasteiger partial charge in [0, 0.05) is 6.42 Å². The summed E-state index contributed by atoms with van der Waals surface area (Å²) in [5.41, 5.74) is 0. The number of rotatable bonds is 58. The van der Waals surface area contributed by atoms with E-state index in [1.54, 1.807) is 6.08 Å². The van der Waals surface area contributed by atoms with Crippen LogP contribution in [0.15, 0.2) is 24.3 Å². The predicted octanol–water partition coefficient (Wildman–Crippen LogP) is 17.3. The number of allylic oxidation sites excluding steroid dienone is 3. The van der Waals surface area contributed by atoms with Gasteiger partial charge < -0.3 is 40.3 Å². The summed E-state index contributed by atoms with van der Waals surface area (Å²) < 4.78 is 11.3. The Bertz CT molecular complexity index is 1230. The van der Waals surface area contributed by atoms with Gasteiger partial charge in [0.2, 0.25) is 5.91 Å². The molecule has 1 fully saturated rings. The lowest BCUT2D eigenvalue weighted by Gasteiger charge is -2.40. The van der Waals surface area contributed by atoms with Gasteiger partial charge in [-0.1, -0.05) is 308 Å². The average Bonchev–Trinajstić information content (AvgIpc) is 3.41. The number of nitrogens with one attached hydrogen (secondary N) is 1. The topological polar surface area (TPSA) is 149 Å². The minimum absolute atomic E-state index is 0.171. The number of aliphatic hydroxyl groups is 5. The van der Waals surface area contributed by atoms with Crippen molar-refractivity contribution in [2.45, 2.75) is 378 Å². The minimum Gasteiger partial charge on any atom is -0.394 e. The zero-order valence-electron chi connectivity index (χ0n) is 49.6. The Hall–Kier alpha value is -1.33. The minimum atomic E-state index is -1.56. The first-order chi connectivity index (χ1) is 36.8.